The lowest BCUT2D eigenvalue weighted by Crippen LogP contribution is -2.30. The molecular formula is C24H26N2O2S. The molecule has 4 nitrogen and oxygen atoms in total. The number of hydrogen-bond donors (Lipinski definition) is 0. The number of nitrogens with zero attached hydrogens (tertiary/aromatic N) is 2. The number of fused-ring (bicyclic) bond motifs is 1. The van der Waals surface area contributed by atoms with Crippen LogP contribution in [0.15, 0.2) is 48.5 Å². The first-order chi connectivity index (χ1) is 14.2. The van der Waals surface area contributed by atoms with Gasteiger partial charge in [0, 0.05) is 24.9 Å². The van der Waals surface area contributed by atoms with Crippen molar-refractivity contribution in [3.05, 3.63) is 64.7 Å². The highest BCUT2D eigenvalue weighted by atomic mass is 32.1. The van der Waals surface area contributed by atoms with Crippen LogP contribution in [0.3, 0.4) is 0 Å². The van der Waals surface area contributed by atoms with Gasteiger partial charge in [0.25, 0.3) is 0 Å². The van der Waals surface area contributed by atoms with Crippen molar-refractivity contribution in [3.63, 3.8) is 0 Å². The molecular weight excluding hydrogens is 380 g/mol. The van der Waals surface area contributed by atoms with E-state index >= 15 is 0 Å². The first kappa shape index (κ1) is 19.8. The molecule has 2 heterocycles. The van der Waals surface area contributed by atoms with E-state index in [4.69, 9.17) is 4.98 Å². The Balaban J connectivity index is 1.38. The highest BCUT2D eigenvalue weighted by Gasteiger charge is 2.32. The molecule has 1 atom stereocenters. The maximum Gasteiger partial charge on any atom is 0.223 e. The van der Waals surface area contributed by atoms with Crippen molar-refractivity contribution in [2.45, 2.75) is 51.5 Å². The molecule has 1 amide bonds. The smallest absolute Gasteiger partial charge is 0.223 e. The molecule has 3 aromatic rings. The lowest BCUT2D eigenvalue weighted by atomic mass is 10.0. The lowest BCUT2D eigenvalue weighted by molar-refractivity contribution is -0.132. The Morgan fingerprint density at radius 1 is 1.10 bits per heavy atom. The van der Waals surface area contributed by atoms with Gasteiger partial charge >= 0.3 is 0 Å². The summed E-state index contributed by atoms with van der Waals surface area (Å²) in [5.41, 5.74) is 2.94. The van der Waals surface area contributed by atoms with Crippen LogP contribution in [0.2, 0.25) is 0 Å². The molecule has 0 N–H and O–H groups in total. The standard InChI is InChI=1S/C24H26N2O2S/c1-2-6-17-10-12-18(13-11-17)21(27)14-15-23(28)26-16-5-8-20(26)24-25-19-7-3-4-9-22(19)29-24/h3-4,7,9-13,20H,2,5-6,8,14-16H2,1H3/t20-/m1/s1. The minimum atomic E-state index is 0.0390. The monoisotopic (exact) mass is 406 g/mol. The third-order valence-electron chi connectivity index (χ3n) is 5.55. The number of ketones is 1. The number of Topliss-reactive ketones (excluding diaryl/α,β-unsaturated/α-hetero) is 1. The predicted octanol–water partition coefficient (Wildman–Crippen LogP) is 5.58. The number of carbonyl (C=O) groups is 2. The zero-order chi connectivity index (χ0) is 20.2. The van der Waals surface area contributed by atoms with Gasteiger partial charge in [0.15, 0.2) is 5.78 Å². The molecule has 0 spiro atoms. The number of carbonyl (C=O) groups excluding carboxylic acids is 2. The summed E-state index contributed by atoms with van der Waals surface area (Å²) in [6, 6.07) is 15.9. The third kappa shape index (κ3) is 4.40. The van der Waals surface area contributed by atoms with E-state index in [1.165, 1.54) is 5.56 Å². The summed E-state index contributed by atoms with van der Waals surface area (Å²) in [4.78, 5) is 32.1. The molecule has 0 unspecified atom stereocenters. The van der Waals surface area contributed by atoms with E-state index in [-0.39, 0.29) is 30.6 Å². The van der Waals surface area contributed by atoms with Crippen molar-refractivity contribution in [1.82, 2.24) is 9.88 Å². The Kier molecular flexibility index (Phi) is 6.05. The Morgan fingerprint density at radius 3 is 2.66 bits per heavy atom. The minimum Gasteiger partial charge on any atom is -0.333 e. The minimum absolute atomic E-state index is 0.0390. The maximum atomic E-state index is 12.9. The Morgan fingerprint density at radius 2 is 1.90 bits per heavy atom. The molecule has 1 aliphatic rings. The average Bonchev–Trinajstić information content (AvgIpc) is 3.39. The van der Waals surface area contributed by atoms with E-state index in [1.54, 1.807) is 11.3 Å². The van der Waals surface area contributed by atoms with Crippen molar-refractivity contribution in [2.24, 2.45) is 0 Å². The summed E-state index contributed by atoms with van der Waals surface area (Å²) in [7, 11) is 0. The predicted molar refractivity (Wildman–Crippen MR) is 117 cm³/mol. The second-order valence-electron chi connectivity index (χ2n) is 7.64. The molecule has 0 aliphatic carbocycles. The van der Waals surface area contributed by atoms with E-state index in [9.17, 15) is 9.59 Å². The molecule has 1 fully saturated rings. The van der Waals surface area contributed by atoms with Crippen LogP contribution in [0.25, 0.3) is 10.2 Å². The van der Waals surface area contributed by atoms with Gasteiger partial charge in [0.05, 0.1) is 16.3 Å². The molecule has 1 aliphatic heterocycles. The van der Waals surface area contributed by atoms with Crippen molar-refractivity contribution in [3.8, 4) is 0 Å². The molecule has 1 saturated heterocycles. The van der Waals surface area contributed by atoms with E-state index in [0.29, 0.717) is 5.56 Å². The number of amides is 1. The number of thiazole rings is 1. The number of hydrogen-bond acceptors (Lipinski definition) is 4. The summed E-state index contributed by atoms with van der Waals surface area (Å²) in [6.07, 6.45) is 4.56. The van der Waals surface area contributed by atoms with Crippen LogP contribution >= 0.6 is 11.3 Å². The Hall–Kier alpha value is -2.53. The number of aromatic nitrogens is 1. The van der Waals surface area contributed by atoms with Crippen LogP contribution in [-0.2, 0) is 11.2 Å². The van der Waals surface area contributed by atoms with E-state index < -0.39 is 0 Å². The summed E-state index contributed by atoms with van der Waals surface area (Å²) in [6.45, 7) is 2.89. The number of benzene rings is 2. The molecule has 0 radical (unpaired) electrons. The first-order valence-corrected chi connectivity index (χ1v) is 11.2. The number of likely N-dealkylation sites (tertiary alicyclic amines) is 1. The van der Waals surface area contributed by atoms with Crippen molar-refractivity contribution in [1.29, 1.82) is 0 Å². The second-order valence-corrected chi connectivity index (χ2v) is 8.70. The lowest BCUT2D eigenvalue weighted by Gasteiger charge is -2.23. The highest BCUT2D eigenvalue weighted by Crippen LogP contribution is 2.36. The highest BCUT2D eigenvalue weighted by molar-refractivity contribution is 7.18. The second kappa shape index (κ2) is 8.87. The Bertz CT molecular complexity index is 976. The zero-order valence-electron chi connectivity index (χ0n) is 16.8. The summed E-state index contributed by atoms with van der Waals surface area (Å²) < 4.78 is 1.16. The van der Waals surface area contributed by atoms with Gasteiger partial charge in [-0.25, -0.2) is 4.98 Å². The van der Waals surface area contributed by atoms with Crippen LogP contribution in [0.4, 0.5) is 0 Å². The fourth-order valence-corrected chi connectivity index (χ4v) is 5.12. The summed E-state index contributed by atoms with van der Waals surface area (Å²) >= 11 is 1.67. The van der Waals surface area contributed by atoms with Crippen molar-refractivity contribution >= 4 is 33.2 Å². The van der Waals surface area contributed by atoms with Crippen LogP contribution in [-0.4, -0.2) is 28.1 Å². The topological polar surface area (TPSA) is 50.3 Å². The van der Waals surface area contributed by atoms with Crippen LogP contribution in [0.1, 0.15) is 66.0 Å². The number of aryl methyl sites for hydroxylation is 1. The summed E-state index contributed by atoms with van der Waals surface area (Å²) in [5.74, 6) is 0.0971. The van der Waals surface area contributed by atoms with Crippen LogP contribution in [0.5, 0.6) is 0 Å². The molecule has 0 saturated carbocycles. The van der Waals surface area contributed by atoms with Gasteiger partial charge in [-0.05, 0) is 37.0 Å². The molecule has 5 heteroatoms. The average molecular weight is 407 g/mol. The Labute approximate surface area is 175 Å². The molecule has 29 heavy (non-hydrogen) atoms. The quantitative estimate of drug-likeness (QED) is 0.482. The third-order valence-corrected chi connectivity index (χ3v) is 6.69. The van der Waals surface area contributed by atoms with Gasteiger partial charge in [0.1, 0.15) is 5.01 Å². The van der Waals surface area contributed by atoms with E-state index in [2.05, 4.69) is 13.0 Å². The maximum absolute atomic E-state index is 12.9. The number of para-hydroxylation sites is 1. The van der Waals surface area contributed by atoms with E-state index in [0.717, 1.165) is 47.5 Å². The summed E-state index contributed by atoms with van der Waals surface area (Å²) in [5, 5.41) is 1.01. The van der Waals surface area contributed by atoms with Gasteiger partial charge in [0.2, 0.25) is 5.91 Å². The molecule has 150 valence electrons. The normalized spacial score (nSPS) is 16.4. The van der Waals surface area contributed by atoms with Gasteiger partial charge in [-0.2, -0.15) is 0 Å². The first-order valence-electron chi connectivity index (χ1n) is 10.4. The van der Waals surface area contributed by atoms with Gasteiger partial charge in [-0.3, -0.25) is 9.59 Å². The molecule has 2 aromatic carbocycles. The van der Waals surface area contributed by atoms with Crippen molar-refractivity contribution < 1.29 is 9.59 Å². The fraction of sp³-hybridized carbons (Fsp3) is 0.375. The van der Waals surface area contributed by atoms with Gasteiger partial charge in [-0.15, -0.1) is 11.3 Å². The van der Waals surface area contributed by atoms with Gasteiger partial charge < -0.3 is 4.90 Å². The molecule has 0 bridgehead atoms. The largest absolute Gasteiger partial charge is 0.333 e. The number of rotatable bonds is 7. The fourth-order valence-electron chi connectivity index (χ4n) is 4.01. The van der Waals surface area contributed by atoms with Gasteiger partial charge in [-0.1, -0.05) is 49.7 Å². The van der Waals surface area contributed by atoms with Crippen LogP contribution in [0, 0.1) is 0 Å². The molecule has 1 aromatic heterocycles. The van der Waals surface area contributed by atoms with Crippen molar-refractivity contribution in [2.75, 3.05) is 6.54 Å². The van der Waals surface area contributed by atoms with E-state index in [1.807, 2.05) is 47.4 Å². The van der Waals surface area contributed by atoms with Crippen LogP contribution < -0.4 is 0 Å². The zero-order valence-corrected chi connectivity index (χ0v) is 17.6. The molecule has 4 rings (SSSR count). The SMILES string of the molecule is CCCc1ccc(C(=O)CCC(=O)N2CCC[C@@H]2c2nc3ccccc3s2)cc1.